The van der Waals surface area contributed by atoms with Crippen LogP contribution < -0.4 is 10.9 Å². The van der Waals surface area contributed by atoms with Gasteiger partial charge in [0.25, 0.3) is 0 Å². The summed E-state index contributed by atoms with van der Waals surface area (Å²) in [4.78, 5) is 4.60. The number of nitrogens with zero attached hydrogens (tertiary/aromatic N) is 1. The molecule has 0 aliphatic heterocycles. The SMILES string of the molecule is CNNC(=NCc1ccccc1)c1ccccc1. The van der Waals surface area contributed by atoms with Crippen LogP contribution in [0.15, 0.2) is 65.7 Å². The van der Waals surface area contributed by atoms with E-state index in [0.717, 1.165) is 11.4 Å². The number of benzene rings is 2. The normalized spacial score (nSPS) is 11.3. The van der Waals surface area contributed by atoms with Gasteiger partial charge in [-0.3, -0.25) is 4.99 Å². The second-order valence-corrected chi connectivity index (χ2v) is 3.89. The van der Waals surface area contributed by atoms with Gasteiger partial charge in [-0.15, -0.1) is 0 Å². The van der Waals surface area contributed by atoms with Crippen LogP contribution in [0.1, 0.15) is 11.1 Å². The van der Waals surface area contributed by atoms with Gasteiger partial charge in [-0.25, -0.2) is 5.43 Å². The van der Waals surface area contributed by atoms with Crippen LogP contribution in [0, 0.1) is 0 Å². The smallest absolute Gasteiger partial charge is 0.143 e. The summed E-state index contributed by atoms with van der Waals surface area (Å²) in [7, 11) is 1.83. The molecule has 0 amide bonds. The molecule has 0 aliphatic rings. The van der Waals surface area contributed by atoms with Crippen molar-refractivity contribution in [3.05, 3.63) is 71.8 Å². The van der Waals surface area contributed by atoms with Crippen molar-refractivity contribution < 1.29 is 0 Å². The van der Waals surface area contributed by atoms with Gasteiger partial charge in [-0.2, -0.15) is 0 Å². The van der Waals surface area contributed by atoms with E-state index in [2.05, 4.69) is 28.0 Å². The lowest BCUT2D eigenvalue weighted by Crippen LogP contribution is -2.35. The predicted molar refractivity (Wildman–Crippen MR) is 75.3 cm³/mol. The van der Waals surface area contributed by atoms with Gasteiger partial charge in [-0.1, -0.05) is 60.7 Å². The van der Waals surface area contributed by atoms with Gasteiger partial charge >= 0.3 is 0 Å². The Morgan fingerprint density at radius 1 is 0.944 bits per heavy atom. The van der Waals surface area contributed by atoms with Crippen LogP contribution in [0.5, 0.6) is 0 Å². The first-order chi connectivity index (χ1) is 8.90. The minimum absolute atomic E-state index is 0.666. The van der Waals surface area contributed by atoms with Gasteiger partial charge < -0.3 is 5.43 Å². The first-order valence-corrected chi connectivity index (χ1v) is 5.96. The number of hydrogen-bond acceptors (Lipinski definition) is 2. The first-order valence-electron chi connectivity index (χ1n) is 5.96. The highest BCUT2D eigenvalue weighted by atomic mass is 15.4. The van der Waals surface area contributed by atoms with E-state index in [4.69, 9.17) is 0 Å². The van der Waals surface area contributed by atoms with Crippen molar-refractivity contribution in [1.82, 2.24) is 10.9 Å². The molecule has 2 rings (SSSR count). The highest BCUT2D eigenvalue weighted by molar-refractivity contribution is 5.98. The molecule has 2 N–H and O–H groups in total. The number of aliphatic imine (C=N–C) groups is 1. The highest BCUT2D eigenvalue weighted by Crippen LogP contribution is 2.03. The fourth-order valence-corrected chi connectivity index (χ4v) is 1.67. The van der Waals surface area contributed by atoms with Crippen LogP contribution >= 0.6 is 0 Å². The molecule has 0 saturated carbocycles. The highest BCUT2D eigenvalue weighted by Gasteiger charge is 2.00. The lowest BCUT2D eigenvalue weighted by Gasteiger charge is -2.08. The molecule has 0 spiro atoms. The van der Waals surface area contributed by atoms with E-state index in [9.17, 15) is 0 Å². The Hall–Kier alpha value is -2.13. The van der Waals surface area contributed by atoms with Crippen molar-refractivity contribution in [2.75, 3.05) is 7.05 Å². The molecule has 0 saturated heterocycles. The monoisotopic (exact) mass is 239 g/mol. The van der Waals surface area contributed by atoms with Gasteiger partial charge in [-0.05, 0) is 5.56 Å². The zero-order chi connectivity index (χ0) is 12.6. The molecule has 0 unspecified atom stereocenters. The van der Waals surface area contributed by atoms with Crippen LogP contribution in [0.2, 0.25) is 0 Å². The van der Waals surface area contributed by atoms with E-state index in [-0.39, 0.29) is 0 Å². The average molecular weight is 239 g/mol. The van der Waals surface area contributed by atoms with Gasteiger partial charge in [0.05, 0.1) is 6.54 Å². The summed E-state index contributed by atoms with van der Waals surface area (Å²) in [6, 6.07) is 20.3. The fraction of sp³-hybridized carbons (Fsp3) is 0.133. The largest absolute Gasteiger partial charge is 0.306 e. The molecule has 0 fully saturated rings. The summed E-state index contributed by atoms with van der Waals surface area (Å²) in [5.41, 5.74) is 8.26. The van der Waals surface area contributed by atoms with E-state index in [1.807, 2.05) is 55.6 Å². The molecule has 3 heteroatoms. The molecule has 0 heterocycles. The Morgan fingerprint density at radius 2 is 1.56 bits per heavy atom. The van der Waals surface area contributed by atoms with Crippen LogP contribution in [-0.4, -0.2) is 12.9 Å². The maximum absolute atomic E-state index is 4.60. The van der Waals surface area contributed by atoms with Gasteiger partial charge in [0.1, 0.15) is 5.84 Å². The van der Waals surface area contributed by atoms with Crippen LogP contribution in [0.3, 0.4) is 0 Å². The van der Waals surface area contributed by atoms with Crippen molar-refractivity contribution in [2.24, 2.45) is 4.99 Å². The minimum atomic E-state index is 0.666. The Bertz CT molecular complexity index is 492. The molecular weight excluding hydrogens is 222 g/mol. The molecule has 0 aromatic heterocycles. The van der Waals surface area contributed by atoms with E-state index in [1.54, 1.807) is 0 Å². The van der Waals surface area contributed by atoms with E-state index >= 15 is 0 Å². The molecule has 0 atom stereocenters. The topological polar surface area (TPSA) is 36.4 Å². The van der Waals surface area contributed by atoms with Gasteiger partial charge in [0.15, 0.2) is 0 Å². The van der Waals surface area contributed by atoms with Gasteiger partial charge in [0.2, 0.25) is 0 Å². The zero-order valence-corrected chi connectivity index (χ0v) is 10.4. The number of hydrazine groups is 1. The molecule has 0 aliphatic carbocycles. The maximum Gasteiger partial charge on any atom is 0.143 e. The second kappa shape index (κ2) is 6.57. The number of rotatable bonds is 4. The lowest BCUT2D eigenvalue weighted by atomic mass is 10.2. The zero-order valence-electron chi connectivity index (χ0n) is 10.4. The van der Waals surface area contributed by atoms with Crippen molar-refractivity contribution in [3.63, 3.8) is 0 Å². The van der Waals surface area contributed by atoms with E-state index in [1.165, 1.54) is 5.56 Å². The van der Waals surface area contributed by atoms with Crippen molar-refractivity contribution in [2.45, 2.75) is 6.54 Å². The van der Waals surface area contributed by atoms with Crippen LogP contribution in [-0.2, 0) is 6.54 Å². The molecule has 92 valence electrons. The number of nitrogens with one attached hydrogen (secondary N) is 2. The Kier molecular flexibility index (Phi) is 4.50. The van der Waals surface area contributed by atoms with Crippen molar-refractivity contribution in [3.8, 4) is 0 Å². The molecule has 0 radical (unpaired) electrons. The molecule has 2 aromatic rings. The summed E-state index contributed by atoms with van der Waals surface area (Å²) in [5.74, 6) is 0.849. The summed E-state index contributed by atoms with van der Waals surface area (Å²) < 4.78 is 0. The predicted octanol–water partition coefficient (Wildman–Crippen LogP) is 2.36. The Balaban J connectivity index is 2.15. The lowest BCUT2D eigenvalue weighted by molar-refractivity contribution is 0.762. The van der Waals surface area contributed by atoms with E-state index < -0.39 is 0 Å². The number of amidine groups is 1. The molecule has 3 nitrogen and oxygen atoms in total. The Labute approximate surface area is 108 Å². The third-order valence-corrected chi connectivity index (χ3v) is 2.55. The second-order valence-electron chi connectivity index (χ2n) is 3.89. The van der Waals surface area contributed by atoms with Crippen molar-refractivity contribution in [1.29, 1.82) is 0 Å². The van der Waals surface area contributed by atoms with Crippen LogP contribution in [0.4, 0.5) is 0 Å². The first kappa shape index (κ1) is 12.3. The maximum atomic E-state index is 4.60. The number of hydrogen-bond donors (Lipinski definition) is 2. The van der Waals surface area contributed by atoms with E-state index in [0.29, 0.717) is 6.54 Å². The molecule has 0 bridgehead atoms. The summed E-state index contributed by atoms with van der Waals surface area (Å²) in [5, 5.41) is 0. The summed E-state index contributed by atoms with van der Waals surface area (Å²) >= 11 is 0. The Morgan fingerprint density at radius 3 is 2.17 bits per heavy atom. The summed E-state index contributed by atoms with van der Waals surface area (Å²) in [6.45, 7) is 0.666. The molecule has 2 aromatic carbocycles. The summed E-state index contributed by atoms with van der Waals surface area (Å²) in [6.07, 6.45) is 0. The molecular formula is C15H17N3. The third kappa shape index (κ3) is 3.43. The third-order valence-electron chi connectivity index (χ3n) is 2.55. The van der Waals surface area contributed by atoms with Crippen LogP contribution in [0.25, 0.3) is 0 Å². The minimum Gasteiger partial charge on any atom is -0.306 e. The fourth-order valence-electron chi connectivity index (χ4n) is 1.67. The van der Waals surface area contributed by atoms with Gasteiger partial charge in [0, 0.05) is 12.6 Å². The molecule has 18 heavy (non-hydrogen) atoms. The quantitative estimate of drug-likeness (QED) is 0.488. The standard InChI is InChI=1S/C15H17N3/c1-16-18-15(14-10-6-3-7-11-14)17-12-13-8-4-2-5-9-13/h2-11,16H,12H2,1H3,(H,17,18). The average Bonchev–Trinajstić information content (AvgIpc) is 2.45. The van der Waals surface area contributed by atoms with Crippen molar-refractivity contribution >= 4 is 5.84 Å².